The number of hydrogen-bond acceptors (Lipinski definition) is 4. The Morgan fingerprint density at radius 2 is 1.88 bits per heavy atom. The van der Waals surface area contributed by atoms with Crippen LogP contribution in [0.5, 0.6) is 0 Å². The van der Waals surface area contributed by atoms with Crippen LogP contribution in [0.4, 0.5) is 4.79 Å². The summed E-state index contributed by atoms with van der Waals surface area (Å²) in [6.07, 6.45) is 1.85. The molecule has 0 heterocycles. The molecule has 5 nitrogen and oxygen atoms in total. The standard InChI is InChI=1S/C12H25NO4/c1-5-6-9-16-11(15)13(12(2,3)4)17-10-7-8-14/h14H,5-10H2,1-4H3. The summed E-state index contributed by atoms with van der Waals surface area (Å²) in [5, 5.41) is 9.91. The Balaban J connectivity index is 4.21. The van der Waals surface area contributed by atoms with Gasteiger partial charge in [0.05, 0.1) is 18.8 Å². The van der Waals surface area contributed by atoms with E-state index in [9.17, 15) is 4.79 Å². The predicted octanol–water partition coefficient (Wildman–Crippen LogP) is 2.34. The molecule has 0 spiro atoms. The van der Waals surface area contributed by atoms with Crippen molar-refractivity contribution in [3.63, 3.8) is 0 Å². The number of carbonyl (C=O) groups excluding carboxylic acids is 1. The van der Waals surface area contributed by atoms with Gasteiger partial charge in [-0.25, -0.2) is 4.79 Å². The maximum absolute atomic E-state index is 11.8. The first-order valence-corrected chi connectivity index (χ1v) is 6.14. The second kappa shape index (κ2) is 8.31. The highest BCUT2D eigenvalue weighted by Gasteiger charge is 2.29. The summed E-state index contributed by atoms with van der Waals surface area (Å²) < 4.78 is 5.10. The highest BCUT2D eigenvalue weighted by atomic mass is 16.7. The molecule has 0 atom stereocenters. The SMILES string of the molecule is CCCCOC(=O)N(OCCCO)C(C)(C)C. The fourth-order valence-electron chi connectivity index (χ4n) is 1.10. The summed E-state index contributed by atoms with van der Waals surface area (Å²) in [5.74, 6) is 0. The minimum Gasteiger partial charge on any atom is -0.448 e. The van der Waals surface area contributed by atoms with Crippen molar-refractivity contribution in [1.29, 1.82) is 0 Å². The zero-order chi connectivity index (χ0) is 13.3. The maximum atomic E-state index is 11.8. The zero-order valence-corrected chi connectivity index (χ0v) is 11.4. The van der Waals surface area contributed by atoms with Gasteiger partial charge in [-0.2, -0.15) is 5.06 Å². The molecule has 1 amide bonds. The zero-order valence-electron chi connectivity index (χ0n) is 11.4. The number of aliphatic hydroxyl groups excluding tert-OH is 1. The van der Waals surface area contributed by atoms with E-state index in [1.54, 1.807) is 0 Å². The normalized spacial score (nSPS) is 11.4. The van der Waals surface area contributed by atoms with Gasteiger partial charge in [0, 0.05) is 6.61 Å². The summed E-state index contributed by atoms with van der Waals surface area (Å²) in [6.45, 7) is 8.39. The largest absolute Gasteiger partial charge is 0.448 e. The van der Waals surface area contributed by atoms with Crippen LogP contribution in [0.25, 0.3) is 0 Å². The first-order chi connectivity index (χ1) is 7.93. The first-order valence-electron chi connectivity index (χ1n) is 6.14. The number of hydroxylamine groups is 2. The van der Waals surface area contributed by atoms with Crippen molar-refractivity contribution in [2.45, 2.75) is 52.5 Å². The lowest BCUT2D eigenvalue weighted by atomic mass is 10.1. The molecule has 17 heavy (non-hydrogen) atoms. The molecule has 5 heteroatoms. The molecular formula is C12H25NO4. The van der Waals surface area contributed by atoms with Crippen LogP contribution >= 0.6 is 0 Å². The summed E-state index contributed by atoms with van der Waals surface area (Å²) in [6, 6.07) is 0. The molecule has 1 N–H and O–H groups in total. The number of nitrogens with zero attached hydrogens (tertiary/aromatic N) is 1. The van der Waals surface area contributed by atoms with Gasteiger partial charge in [0.25, 0.3) is 0 Å². The fourth-order valence-corrected chi connectivity index (χ4v) is 1.10. The smallest absolute Gasteiger partial charge is 0.434 e. The third-order valence-electron chi connectivity index (χ3n) is 2.02. The van der Waals surface area contributed by atoms with Gasteiger partial charge in [0.15, 0.2) is 0 Å². The molecule has 0 rings (SSSR count). The van der Waals surface area contributed by atoms with E-state index in [0.29, 0.717) is 19.6 Å². The molecule has 0 saturated heterocycles. The summed E-state index contributed by atoms with van der Waals surface area (Å²) in [4.78, 5) is 17.1. The molecule has 0 aliphatic carbocycles. The monoisotopic (exact) mass is 247 g/mol. The molecular weight excluding hydrogens is 222 g/mol. The second-order valence-electron chi connectivity index (χ2n) is 4.84. The average molecular weight is 247 g/mol. The van der Waals surface area contributed by atoms with E-state index in [0.717, 1.165) is 12.8 Å². The van der Waals surface area contributed by atoms with Crippen LogP contribution in [-0.4, -0.2) is 41.6 Å². The van der Waals surface area contributed by atoms with Crippen molar-refractivity contribution in [1.82, 2.24) is 5.06 Å². The van der Waals surface area contributed by atoms with Gasteiger partial charge in [0.2, 0.25) is 0 Å². The lowest BCUT2D eigenvalue weighted by Crippen LogP contribution is -2.46. The van der Waals surface area contributed by atoms with Crippen molar-refractivity contribution in [3.8, 4) is 0 Å². The Labute approximate surface area is 104 Å². The van der Waals surface area contributed by atoms with E-state index >= 15 is 0 Å². The van der Waals surface area contributed by atoms with Gasteiger partial charge in [-0.3, -0.25) is 4.84 Å². The van der Waals surface area contributed by atoms with Crippen LogP contribution < -0.4 is 0 Å². The topological polar surface area (TPSA) is 59.0 Å². The van der Waals surface area contributed by atoms with Gasteiger partial charge < -0.3 is 9.84 Å². The maximum Gasteiger partial charge on any atom is 0.434 e. The van der Waals surface area contributed by atoms with E-state index in [-0.39, 0.29) is 6.61 Å². The first kappa shape index (κ1) is 16.2. The number of unbranched alkanes of at least 4 members (excludes halogenated alkanes) is 1. The van der Waals surface area contributed by atoms with Crippen LogP contribution in [-0.2, 0) is 9.57 Å². The molecule has 0 bridgehead atoms. The van der Waals surface area contributed by atoms with Crippen LogP contribution in [0.2, 0.25) is 0 Å². The number of carbonyl (C=O) groups is 1. The van der Waals surface area contributed by atoms with Crippen molar-refractivity contribution in [2.75, 3.05) is 19.8 Å². The molecule has 0 unspecified atom stereocenters. The van der Waals surface area contributed by atoms with E-state index in [1.165, 1.54) is 5.06 Å². The Hall–Kier alpha value is -0.810. The number of rotatable bonds is 7. The van der Waals surface area contributed by atoms with Crippen LogP contribution in [0.3, 0.4) is 0 Å². The molecule has 0 aromatic carbocycles. The van der Waals surface area contributed by atoms with Gasteiger partial charge in [-0.1, -0.05) is 13.3 Å². The molecule has 0 aliphatic rings. The molecule has 102 valence electrons. The summed E-state index contributed by atoms with van der Waals surface area (Å²) in [5.41, 5.74) is -0.460. The van der Waals surface area contributed by atoms with Crippen LogP contribution in [0, 0.1) is 0 Å². The van der Waals surface area contributed by atoms with Crippen LogP contribution in [0.1, 0.15) is 47.0 Å². The average Bonchev–Trinajstić information content (AvgIpc) is 2.23. The number of hydrogen-bond donors (Lipinski definition) is 1. The molecule has 0 saturated carbocycles. The predicted molar refractivity (Wildman–Crippen MR) is 65.5 cm³/mol. The van der Waals surface area contributed by atoms with E-state index in [2.05, 4.69) is 0 Å². The molecule has 0 aromatic heterocycles. The van der Waals surface area contributed by atoms with E-state index in [1.807, 2.05) is 27.7 Å². The van der Waals surface area contributed by atoms with Crippen molar-refractivity contribution in [2.24, 2.45) is 0 Å². The van der Waals surface area contributed by atoms with Gasteiger partial charge >= 0.3 is 6.09 Å². The lowest BCUT2D eigenvalue weighted by Gasteiger charge is -2.33. The minimum absolute atomic E-state index is 0.0445. The minimum atomic E-state index is -0.469. The Bertz CT molecular complexity index is 213. The molecule has 0 radical (unpaired) electrons. The third kappa shape index (κ3) is 7.18. The lowest BCUT2D eigenvalue weighted by molar-refractivity contribution is -0.184. The molecule has 0 fully saturated rings. The highest BCUT2D eigenvalue weighted by Crippen LogP contribution is 2.15. The van der Waals surface area contributed by atoms with Gasteiger partial charge in [0.1, 0.15) is 0 Å². The molecule has 0 aliphatic heterocycles. The number of aliphatic hydroxyl groups is 1. The summed E-state index contributed by atoms with van der Waals surface area (Å²) in [7, 11) is 0. The highest BCUT2D eigenvalue weighted by molar-refractivity contribution is 5.67. The van der Waals surface area contributed by atoms with Crippen molar-refractivity contribution < 1.29 is 19.5 Å². The number of amides is 1. The Morgan fingerprint density at radius 3 is 2.35 bits per heavy atom. The Morgan fingerprint density at radius 1 is 1.24 bits per heavy atom. The van der Waals surface area contributed by atoms with E-state index < -0.39 is 11.6 Å². The van der Waals surface area contributed by atoms with E-state index in [4.69, 9.17) is 14.7 Å². The fraction of sp³-hybridized carbons (Fsp3) is 0.917. The van der Waals surface area contributed by atoms with Crippen molar-refractivity contribution in [3.05, 3.63) is 0 Å². The molecule has 0 aromatic rings. The third-order valence-corrected chi connectivity index (χ3v) is 2.02. The van der Waals surface area contributed by atoms with Gasteiger partial charge in [-0.05, 0) is 33.6 Å². The van der Waals surface area contributed by atoms with Gasteiger partial charge in [-0.15, -0.1) is 0 Å². The van der Waals surface area contributed by atoms with Crippen LogP contribution in [0.15, 0.2) is 0 Å². The summed E-state index contributed by atoms with van der Waals surface area (Å²) >= 11 is 0. The quantitative estimate of drug-likeness (QED) is 0.554. The second-order valence-corrected chi connectivity index (χ2v) is 4.84. The number of ether oxygens (including phenoxy) is 1. The Kier molecular flexibility index (Phi) is 7.91. The van der Waals surface area contributed by atoms with Crippen molar-refractivity contribution >= 4 is 6.09 Å².